The van der Waals surface area contributed by atoms with Gasteiger partial charge in [-0.1, -0.05) is 12.1 Å². The van der Waals surface area contributed by atoms with Gasteiger partial charge in [0.1, 0.15) is 5.58 Å². The predicted molar refractivity (Wildman–Crippen MR) is 68.5 cm³/mol. The Hall–Kier alpha value is -1.65. The predicted octanol–water partition coefficient (Wildman–Crippen LogP) is 2.86. The molecule has 2 aromatic rings. The van der Waals surface area contributed by atoms with Gasteiger partial charge in [-0.3, -0.25) is 4.79 Å². The summed E-state index contributed by atoms with van der Waals surface area (Å²) in [6.07, 6.45) is -0.627. The van der Waals surface area contributed by atoms with E-state index in [1.165, 1.54) is 6.07 Å². The van der Waals surface area contributed by atoms with Crippen LogP contribution in [0.2, 0.25) is 0 Å². The molecular weight excluding hydrogens is 232 g/mol. The van der Waals surface area contributed by atoms with Gasteiger partial charge in [-0.25, -0.2) is 0 Å². The topological polar surface area (TPSA) is 48.7 Å². The lowest BCUT2D eigenvalue weighted by molar-refractivity contribution is -0.150. The molecule has 0 saturated heterocycles. The lowest BCUT2D eigenvalue weighted by Gasteiger charge is -2.15. The van der Waals surface area contributed by atoms with Crippen molar-refractivity contribution in [3.05, 3.63) is 46.3 Å². The van der Waals surface area contributed by atoms with Crippen LogP contribution in [-0.4, -0.2) is 13.2 Å². The average Bonchev–Trinajstić information content (AvgIpc) is 2.38. The van der Waals surface area contributed by atoms with Crippen molar-refractivity contribution in [1.29, 1.82) is 0 Å². The van der Waals surface area contributed by atoms with E-state index in [1.54, 1.807) is 12.1 Å². The summed E-state index contributed by atoms with van der Waals surface area (Å²) in [7, 11) is 0. The normalized spacial score (nSPS) is 11.3. The largest absolute Gasteiger partial charge is 0.455 e. The first-order valence-corrected chi connectivity index (χ1v) is 6.02. The number of para-hydroxylation sites is 1. The Kier molecular flexibility index (Phi) is 4.12. The lowest BCUT2D eigenvalue weighted by atomic mass is 10.2. The molecule has 2 rings (SSSR count). The summed E-state index contributed by atoms with van der Waals surface area (Å²) in [5, 5.41) is 0.563. The lowest BCUT2D eigenvalue weighted by Crippen LogP contribution is -2.12. The molecule has 0 unspecified atom stereocenters. The Morgan fingerprint density at radius 2 is 1.83 bits per heavy atom. The monoisotopic (exact) mass is 248 g/mol. The molecule has 18 heavy (non-hydrogen) atoms. The molecule has 0 aliphatic carbocycles. The molecular formula is C14H16O4. The van der Waals surface area contributed by atoms with Crippen molar-refractivity contribution in [2.24, 2.45) is 0 Å². The fourth-order valence-corrected chi connectivity index (χ4v) is 1.75. The average molecular weight is 248 g/mol. The highest BCUT2D eigenvalue weighted by Gasteiger charge is 2.16. The molecule has 0 bridgehead atoms. The highest BCUT2D eigenvalue weighted by Crippen LogP contribution is 2.21. The molecule has 4 nitrogen and oxygen atoms in total. The van der Waals surface area contributed by atoms with E-state index in [1.807, 2.05) is 26.0 Å². The smallest absolute Gasteiger partial charge is 0.217 e. The maximum atomic E-state index is 11.9. The van der Waals surface area contributed by atoms with Gasteiger partial charge in [0.25, 0.3) is 0 Å². The zero-order chi connectivity index (χ0) is 13.0. The molecule has 1 aromatic carbocycles. The molecule has 0 radical (unpaired) electrons. The second kappa shape index (κ2) is 5.80. The zero-order valence-electron chi connectivity index (χ0n) is 10.5. The van der Waals surface area contributed by atoms with Crippen molar-refractivity contribution in [2.75, 3.05) is 13.2 Å². The summed E-state index contributed by atoms with van der Waals surface area (Å²) >= 11 is 0. The van der Waals surface area contributed by atoms with Crippen LogP contribution < -0.4 is 5.43 Å². The summed E-state index contributed by atoms with van der Waals surface area (Å²) in [5.74, 6) is 0.405. The van der Waals surface area contributed by atoms with Crippen LogP contribution >= 0.6 is 0 Å². The molecule has 0 atom stereocenters. The minimum atomic E-state index is -0.627. The molecule has 1 aromatic heterocycles. The first-order valence-electron chi connectivity index (χ1n) is 6.02. The van der Waals surface area contributed by atoms with Crippen molar-refractivity contribution in [2.45, 2.75) is 20.1 Å². The van der Waals surface area contributed by atoms with Gasteiger partial charge in [-0.2, -0.15) is 0 Å². The van der Waals surface area contributed by atoms with Gasteiger partial charge in [-0.05, 0) is 26.0 Å². The third-order valence-electron chi connectivity index (χ3n) is 2.52. The zero-order valence-corrected chi connectivity index (χ0v) is 10.5. The van der Waals surface area contributed by atoms with Gasteiger partial charge in [-0.15, -0.1) is 0 Å². The summed E-state index contributed by atoms with van der Waals surface area (Å²) in [5.41, 5.74) is 0.459. The maximum Gasteiger partial charge on any atom is 0.217 e. The SMILES string of the molecule is CCOC(OCC)c1cc(=O)c2ccccc2o1. The van der Waals surface area contributed by atoms with E-state index in [-0.39, 0.29) is 5.43 Å². The third kappa shape index (κ3) is 2.60. The first-order chi connectivity index (χ1) is 8.76. The van der Waals surface area contributed by atoms with E-state index >= 15 is 0 Å². The Morgan fingerprint density at radius 3 is 2.50 bits per heavy atom. The number of hydrogen-bond acceptors (Lipinski definition) is 4. The van der Waals surface area contributed by atoms with Gasteiger partial charge in [0.2, 0.25) is 6.29 Å². The number of fused-ring (bicyclic) bond motifs is 1. The van der Waals surface area contributed by atoms with Crippen molar-refractivity contribution in [3.8, 4) is 0 Å². The molecule has 0 aliphatic rings. The Morgan fingerprint density at radius 1 is 1.17 bits per heavy atom. The minimum Gasteiger partial charge on any atom is -0.455 e. The van der Waals surface area contributed by atoms with Crippen LogP contribution in [0.1, 0.15) is 25.9 Å². The highest BCUT2D eigenvalue weighted by atomic mass is 16.7. The summed E-state index contributed by atoms with van der Waals surface area (Å²) in [6, 6.07) is 8.56. The fraction of sp³-hybridized carbons (Fsp3) is 0.357. The van der Waals surface area contributed by atoms with Crippen molar-refractivity contribution in [1.82, 2.24) is 0 Å². The minimum absolute atomic E-state index is 0.0868. The molecule has 0 spiro atoms. The van der Waals surface area contributed by atoms with Crippen molar-refractivity contribution < 1.29 is 13.9 Å². The quantitative estimate of drug-likeness (QED) is 0.763. The van der Waals surface area contributed by atoms with Crippen LogP contribution in [0.5, 0.6) is 0 Å². The van der Waals surface area contributed by atoms with E-state index in [4.69, 9.17) is 13.9 Å². The summed E-state index contributed by atoms with van der Waals surface area (Å²) < 4.78 is 16.5. The van der Waals surface area contributed by atoms with Crippen LogP contribution in [0, 0.1) is 0 Å². The Bertz CT molecular complexity index is 567. The molecule has 1 heterocycles. The fourth-order valence-electron chi connectivity index (χ4n) is 1.75. The number of ether oxygens (including phenoxy) is 2. The van der Waals surface area contributed by atoms with E-state index in [2.05, 4.69) is 0 Å². The molecule has 96 valence electrons. The van der Waals surface area contributed by atoms with Crippen molar-refractivity contribution >= 4 is 11.0 Å². The third-order valence-corrected chi connectivity index (χ3v) is 2.52. The molecule has 0 N–H and O–H groups in total. The maximum absolute atomic E-state index is 11.9. The van der Waals surface area contributed by atoms with E-state index in [9.17, 15) is 4.79 Å². The van der Waals surface area contributed by atoms with Gasteiger partial charge in [0.15, 0.2) is 11.2 Å². The number of hydrogen-bond donors (Lipinski definition) is 0. The van der Waals surface area contributed by atoms with E-state index < -0.39 is 6.29 Å². The van der Waals surface area contributed by atoms with Crippen molar-refractivity contribution in [3.63, 3.8) is 0 Å². The van der Waals surface area contributed by atoms with E-state index in [0.29, 0.717) is 29.9 Å². The van der Waals surface area contributed by atoms with Gasteiger partial charge in [0, 0.05) is 19.3 Å². The number of benzene rings is 1. The summed E-state index contributed by atoms with van der Waals surface area (Å²) in [4.78, 5) is 11.9. The Labute approximate surface area is 105 Å². The van der Waals surface area contributed by atoms with Gasteiger partial charge in [0.05, 0.1) is 5.39 Å². The molecule has 0 aliphatic heterocycles. The van der Waals surface area contributed by atoms with Crippen LogP contribution in [0.3, 0.4) is 0 Å². The van der Waals surface area contributed by atoms with Gasteiger partial charge < -0.3 is 13.9 Å². The second-order valence-corrected chi connectivity index (χ2v) is 3.75. The molecule has 0 amide bonds. The molecule has 4 heteroatoms. The molecule has 0 fully saturated rings. The highest BCUT2D eigenvalue weighted by molar-refractivity contribution is 5.76. The Balaban J connectivity index is 2.47. The molecule has 0 saturated carbocycles. The first kappa shape index (κ1) is 12.8. The van der Waals surface area contributed by atoms with Gasteiger partial charge >= 0.3 is 0 Å². The standard InChI is InChI=1S/C14H16O4/c1-3-16-14(17-4-2)13-9-11(15)10-7-5-6-8-12(10)18-13/h5-9,14H,3-4H2,1-2H3. The van der Waals surface area contributed by atoms with Crippen LogP contribution in [0.4, 0.5) is 0 Å². The van der Waals surface area contributed by atoms with Crippen LogP contribution in [0.25, 0.3) is 11.0 Å². The summed E-state index contributed by atoms with van der Waals surface area (Å²) in [6.45, 7) is 4.71. The number of rotatable bonds is 5. The van der Waals surface area contributed by atoms with Crippen LogP contribution in [0.15, 0.2) is 39.5 Å². The second-order valence-electron chi connectivity index (χ2n) is 3.75. The van der Waals surface area contributed by atoms with Crippen LogP contribution in [-0.2, 0) is 9.47 Å². The van der Waals surface area contributed by atoms with E-state index in [0.717, 1.165) is 0 Å².